The first-order valence-corrected chi connectivity index (χ1v) is 7.13. The molecule has 0 aliphatic heterocycles. The van der Waals surface area contributed by atoms with Crippen molar-refractivity contribution in [3.8, 4) is 0 Å². The lowest BCUT2D eigenvalue weighted by molar-refractivity contribution is -0.133. The molecule has 4 heteroatoms. The average molecular weight is 275 g/mol. The molecular formula is C16H21NO3. The second kappa shape index (κ2) is 6.07. The molecule has 1 aromatic rings. The molecule has 108 valence electrons. The van der Waals surface area contributed by atoms with Gasteiger partial charge in [0.05, 0.1) is 5.56 Å². The lowest BCUT2D eigenvalue weighted by Crippen LogP contribution is -2.38. The van der Waals surface area contributed by atoms with Crippen molar-refractivity contribution in [2.75, 3.05) is 0 Å². The molecule has 1 fully saturated rings. The molecule has 0 heterocycles. The standard InChI is InChI=1S/C16H21NO3/c1-11(2)17(13-8-9-13)15(18)10-7-12-5-3-4-6-14(12)16(19)20/h3-6,11,13H,7-10H2,1-2H3,(H,19,20). The Labute approximate surface area is 119 Å². The molecular weight excluding hydrogens is 254 g/mol. The minimum atomic E-state index is -0.934. The van der Waals surface area contributed by atoms with E-state index in [1.807, 2.05) is 24.8 Å². The summed E-state index contributed by atoms with van der Waals surface area (Å²) in [4.78, 5) is 25.4. The van der Waals surface area contributed by atoms with Gasteiger partial charge in [-0.25, -0.2) is 4.79 Å². The quantitative estimate of drug-likeness (QED) is 0.868. The zero-order chi connectivity index (χ0) is 14.7. The first-order chi connectivity index (χ1) is 9.50. The molecule has 0 aromatic heterocycles. The molecule has 0 unspecified atom stereocenters. The van der Waals surface area contributed by atoms with Crippen LogP contribution in [-0.2, 0) is 11.2 Å². The van der Waals surface area contributed by atoms with Crippen molar-refractivity contribution in [3.63, 3.8) is 0 Å². The fourth-order valence-electron chi connectivity index (χ4n) is 2.58. The molecule has 0 radical (unpaired) electrons. The van der Waals surface area contributed by atoms with Crippen molar-refractivity contribution >= 4 is 11.9 Å². The highest BCUT2D eigenvalue weighted by Crippen LogP contribution is 2.29. The summed E-state index contributed by atoms with van der Waals surface area (Å²) < 4.78 is 0. The number of aryl methyl sites for hydroxylation is 1. The van der Waals surface area contributed by atoms with Gasteiger partial charge in [0.25, 0.3) is 0 Å². The van der Waals surface area contributed by atoms with Gasteiger partial charge in [-0.05, 0) is 44.7 Å². The minimum Gasteiger partial charge on any atom is -0.478 e. The van der Waals surface area contributed by atoms with Crippen molar-refractivity contribution in [2.24, 2.45) is 0 Å². The van der Waals surface area contributed by atoms with Crippen LogP contribution in [0.2, 0.25) is 0 Å². The summed E-state index contributed by atoms with van der Waals surface area (Å²) in [5.41, 5.74) is 1.02. The van der Waals surface area contributed by atoms with E-state index in [2.05, 4.69) is 0 Å². The zero-order valence-electron chi connectivity index (χ0n) is 12.0. The fourth-order valence-corrected chi connectivity index (χ4v) is 2.58. The minimum absolute atomic E-state index is 0.127. The normalized spacial score (nSPS) is 14.3. The molecule has 0 bridgehead atoms. The van der Waals surface area contributed by atoms with Gasteiger partial charge < -0.3 is 10.0 Å². The van der Waals surface area contributed by atoms with E-state index < -0.39 is 5.97 Å². The number of nitrogens with zero attached hydrogens (tertiary/aromatic N) is 1. The predicted molar refractivity (Wildman–Crippen MR) is 76.7 cm³/mol. The van der Waals surface area contributed by atoms with E-state index in [0.29, 0.717) is 24.4 Å². The number of carboxylic acid groups (broad SMARTS) is 1. The molecule has 0 spiro atoms. The third kappa shape index (κ3) is 3.38. The average Bonchev–Trinajstić information content (AvgIpc) is 3.21. The van der Waals surface area contributed by atoms with Gasteiger partial charge in [0, 0.05) is 18.5 Å². The highest BCUT2D eigenvalue weighted by atomic mass is 16.4. The molecule has 1 amide bonds. The molecule has 20 heavy (non-hydrogen) atoms. The van der Waals surface area contributed by atoms with Crippen LogP contribution in [0, 0.1) is 0 Å². The van der Waals surface area contributed by atoms with E-state index in [9.17, 15) is 9.59 Å². The monoisotopic (exact) mass is 275 g/mol. The second-order valence-corrected chi connectivity index (χ2v) is 5.59. The number of rotatable bonds is 6. The number of amides is 1. The van der Waals surface area contributed by atoms with Crippen LogP contribution in [0.15, 0.2) is 24.3 Å². The first kappa shape index (κ1) is 14.6. The van der Waals surface area contributed by atoms with Crippen molar-refractivity contribution < 1.29 is 14.7 Å². The lowest BCUT2D eigenvalue weighted by Gasteiger charge is -2.26. The van der Waals surface area contributed by atoms with E-state index in [1.54, 1.807) is 18.2 Å². The Balaban J connectivity index is 2.01. The molecule has 4 nitrogen and oxygen atoms in total. The third-order valence-corrected chi connectivity index (χ3v) is 3.64. The number of benzene rings is 1. The van der Waals surface area contributed by atoms with Crippen LogP contribution in [0.3, 0.4) is 0 Å². The Hall–Kier alpha value is -1.84. The molecule has 2 rings (SSSR count). The smallest absolute Gasteiger partial charge is 0.335 e. The van der Waals surface area contributed by atoms with Gasteiger partial charge in [-0.1, -0.05) is 18.2 Å². The number of carboxylic acids is 1. The Morgan fingerprint density at radius 1 is 1.30 bits per heavy atom. The SMILES string of the molecule is CC(C)N(C(=O)CCc1ccccc1C(=O)O)C1CC1. The maximum absolute atomic E-state index is 12.3. The largest absolute Gasteiger partial charge is 0.478 e. The van der Waals surface area contributed by atoms with Crippen LogP contribution in [-0.4, -0.2) is 34.0 Å². The van der Waals surface area contributed by atoms with Gasteiger partial charge in [-0.15, -0.1) is 0 Å². The summed E-state index contributed by atoms with van der Waals surface area (Å²) in [5.74, 6) is -0.807. The highest BCUT2D eigenvalue weighted by molar-refractivity contribution is 5.89. The maximum Gasteiger partial charge on any atom is 0.335 e. The number of carbonyl (C=O) groups is 2. The predicted octanol–water partition coefficient (Wildman–Crippen LogP) is 2.72. The van der Waals surface area contributed by atoms with Crippen molar-refractivity contribution in [2.45, 2.75) is 51.6 Å². The molecule has 0 atom stereocenters. The van der Waals surface area contributed by atoms with Gasteiger partial charge in [0.2, 0.25) is 5.91 Å². The Morgan fingerprint density at radius 3 is 2.50 bits per heavy atom. The highest BCUT2D eigenvalue weighted by Gasteiger charge is 2.33. The Bertz CT molecular complexity index is 504. The van der Waals surface area contributed by atoms with Crippen molar-refractivity contribution in [3.05, 3.63) is 35.4 Å². The maximum atomic E-state index is 12.3. The van der Waals surface area contributed by atoms with E-state index in [1.165, 1.54) is 0 Å². The van der Waals surface area contributed by atoms with Gasteiger partial charge in [0.15, 0.2) is 0 Å². The van der Waals surface area contributed by atoms with E-state index in [4.69, 9.17) is 5.11 Å². The number of hydrogen-bond donors (Lipinski definition) is 1. The van der Waals surface area contributed by atoms with Crippen molar-refractivity contribution in [1.82, 2.24) is 4.90 Å². The zero-order valence-corrected chi connectivity index (χ0v) is 12.0. The first-order valence-electron chi connectivity index (χ1n) is 7.13. The summed E-state index contributed by atoms with van der Waals surface area (Å²) in [6.45, 7) is 4.06. The van der Waals surface area contributed by atoms with Gasteiger partial charge in [0.1, 0.15) is 0 Å². The van der Waals surface area contributed by atoms with Crippen LogP contribution in [0.1, 0.15) is 49.0 Å². The number of carbonyl (C=O) groups excluding carboxylic acids is 1. The lowest BCUT2D eigenvalue weighted by atomic mass is 10.0. The second-order valence-electron chi connectivity index (χ2n) is 5.59. The summed E-state index contributed by atoms with van der Waals surface area (Å²) in [6, 6.07) is 7.51. The molecule has 1 saturated carbocycles. The number of aromatic carboxylic acids is 1. The summed E-state index contributed by atoms with van der Waals surface area (Å²) in [6.07, 6.45) is 3.04. The molecule has 0 saturated heterocycles. The van der Waals surface area contributed by atoms with Gasteiger partial charge in [-0.2, -0.15) is 0 Å². The molecule has 1 aliphatic carbocycles. The Kier molecular flexibility index (Phi) is 4.42. The summed E-state index contributed by atoms with van der Waals surface area (Å²) in [5, 5.41) is 9.13. The van der Waals surface area contributed by atoms with Gasteiger partial charge >= 0.3 is 5.97 Å². The molecule has 1 aromatic carbocycles. The topological polar surface area (TPSA) is 57.6 Å². The summed E-state index contributed by atoms with van der Waals surface area (Å²) in [7, 11) is 0. The molecule has 1 N–H and O–H groups in total. The Morgan fingerprint density at radius 2 is 1.95 bits per heavy atom. The number of hydrogen-bond acceptors (Lipinski definition) is 2. The van der Waals surface area contributed by atoms with E-state index in [0.717, 1.165) is 18.4 Å². The van der Waals surface area contributed by atoms with Crippen LogP contribution in [0.25, 0.3) is 0 Å². The van der Waals surface area contributed by atoms with Crippen LogP contribution in [0.4, 0.5) is 0 Å². The van der Waals surface area contributed by atoms with Crippen molar-refractivity contribution in [1.29, 1.82) is 0 Å². The van der Waals surface area contributed by atoms with Crippen LogP contribution in [0.5, 0.6) is 0 Å². The van der Waals surface area contributed by atoms with E-state index >= 15 is 0 Å². The van der Waals surface area contributed by atoms with Crippen LogP contribution < -0.4 is 0 Å². The summed E-state index contributed by atoms with van der Waals surface area (Å²) >= 11 is 0. The fraction of sp³-hybridized carbons (Fsp3) is 0.500. The third-order valence-electron chi connectivity index (χ3n) is 3.64. The van der Waals surface area contributed by atoms with E-state index in [-0.39, 0.29) is 11.9 Å². The van der Waals surface area contributed by atoms with Gasteiger partial charge in [-0.3, -0.25) is 4.79 Å². The van der Waals surface area contributed by atoms with Crippen LogP contribution >= 0.6 is 0 Å². The molecule has 1 aliphatic rings.